The van der Waals surface area contributed by atoms with E-state index in [0.29, 0.717) is 19.7 Å². The topological polar surface area (TPSA) is 91.6 Å². The smallest absolute Gasteiger partial charge is 0.409 e. The number of methoxy groups -OCH3 is 1. The second-order valence-corrected chi connectivity index (χ2v) is 6.78. The second-order valence-electron chi connectivity index (χ2n) is 6.78. The van der Waals surface area contributed by atoms with Gasteiger partial charge in [0.1, 0.15) is 30.4 Å². The summed E-state index contributed by atoms with van der Waals surface area (Å²) in [6.45, 7) is 1.89. The minimum atomic E-state index is -0.296. The van der Waals surface area contributed by atoms with Crippen molar-refractivity contribution in [2.24, 2.45) is 0 Å². The van der Waals surface area contributed by atoms with Crippen molar-refractivity contribution in [2.75, 3.05) is 33.4 Å². The molecule has 0 atom stereocenters. The summed E-state index contributed by atoms with van der Waals surface area (Å²) in [6, 6.07) is 3.97. The number of aromatic nitrogens is 4. The van der Waals surface area contributed by atoms with Crippen LogP contribution in [-0.4, -0.2) is 70.0 Å². The van der Waals surface area contributed by atoms with Gasteiger partial charge in [-0.2, -0.15) is 0 Å². The number of ether oxygens (including phenoxy) is 3. The van der Waals surface area contributed by atoms with Gasteiger partial charge in [-0.05, 0) is 12.1 Å². The Balaban J connectivity index is 1.35. The number of carbonyl (C=O) groups excluding carboxylic acids is 1. The van der Waals surface area contributed by atoms with Crippen LogP contribution in [0.1, 0.15) is 12.8 Å². The highest BCUT2D eigenvalue weighted by molar-refractivity contribution is 5.79. The highest BCUT2D eigenvalue weighted by Gasteiger charge is 2.25. The largest absolute Gasteiger partial charge is 0.489 e. The summed E-state index contributed by atoms with van der Waals surface area (Å²) >= 11 is 0. The van der Waals surface area contributed by atoms with Crippen molar-refractivity contribution in [1.29, 1.82) is 0 Å². The highest BCUT2D eigenvalue weighted by Crippen LogP contribution is 2.24. The van der Waals surface area contributed by atoms with Crippen molar-refractivity contribution in [3.05, 3.63) is 43.2 Å². The fourth-order valence-corrected chi connectivity index (χ4v) is 3.34. The molecular formula is C20H23N5O4. The van der Waals surface area contributed by atoms with Crippen LogP contribution >= 0.6 is 0 Å². The number of hydrogen-bond acceptors (Lipinski definition) is 7. The Hall–Kier alpha value is -3.20. The Morgan fingerprint density at radius 1 is 1.17 bits per heavy atom. The molecule has 0 N–H and O–H groups in total. The molecule has 0 aromatic carbocycles. The fourth-order valence-electron chi connectivity index (χ4n) is 3.34. The number of amides is 1. The first-order valence-electron chi connectivity index (χ1n) is 9.54. The number of nitrogens with zero attached hydrogens (tertiary/aromatic N) is 5. The number of pyridine rings is 1. The number of piperidine rings is 1. The van der Waals surface area contributed by atoms with Crippen molar-refractivity contribution < 1.29 is 19.0 Å². The van der Waals surface area contributed by atoms with Gasteiger partial charge in [0.25, 0.3) is 0 Å². The van der Waals surface area contributed by atoms with Gasteiger partial charge in [-0.1, -0.05) is 0 Å². The molecule has 0 unspecified atom stereocenters. The van der Waals surface area contributed by atoms with Crippen LogP contribution in [0, 0.1) is 0 Å². The van der Waals surface area contributed by atoms with Crippen molar-refractivity contribution in [3.63, 3.8) is 0 Å². The summed E-state index contributed by atoms with van der Waals surface area (Å²) < 4.78 is 18.1. The highest BCUT2D eigenvalue weighted by atomic mass is 16.6. The zero-order valence-corrected chi connectivity index (χ0v) is 16.2. The average molecular weight is 397 g/mol. The third kappa shape index (κ3) is 4.45. The standard InChI is InChI=1S/C20H23N5O4/c1-27-8-9-28-20(26)24-5-3-17(4-6-24)29-18-10-15-2-7-25(19(15)23-13-18)16-11-21-14-22-12-16/h2,7,10-14,17H,3-6,8-9H2,1H3. The van der Waals surface area contributed by atoms with Crippen LogP contribution in [0.4, 0.5) is 4.79 Å². The monoisotopic (exact) mass is 397 g/mol. The van der Waals surface area contributed by atoms with Gasteiger partial charge < -0.3 is 19.1 Å². The summed E-state index contributed by atoms with van der Waals surface area (Å²) in [7, 11) is 1.58. The van der Waals surface area contributed by atoms with Gasteiger partial charge in [0, 0.05) is 44.6 Å². The van der Waals surface area contributed by atoms with Crippen LogP contribution in [-0.2, 0) is 9.47 Å². The molecule has 1 aliphatic rings. The Labute approximate surface area is 168 Å². The third-order valence-electron chi connectivity index (χ3n) is 4.84. The first-order valence-corrected chi connectivity index (χ1v) is 9.54. The number of carbonyl (C=O) groups is 1. The molecule has 0 radical (unpaired) electrons. The van der Waals surface area contributed by atoms with Crippen LogP contribution in [0.15, 0.2) is 43.2 Å². The summed E-state index contributed by atoms with van der Waals surface area (Å²) in [5.41, 5.74) is 1.68. The maximum Gasteiger partial charge on any atom is 0.409 e. The van der Waals surface area contributed by atoms with E-state index in [1.807, 2.05) is 22.9 Å². The maximum absolute atomic E-state index is 12.0. The van der Waals surface area contributed by atoms with E-state index in [2.05, 4.69) is 15.0 Å². The first-order chi connectivity index (χ1) is 14.2. The molecule has 9 heteroatoms. The van der Waals surface area contributed by atoms with Crippen LogP contribution in [0.25, 0.3) is 16.7 Å². The molecule has 9 nitrogen and oxygen atoms in total. The Morgan fingerprint density at radius 3 is 2.72 bits per heavy atom. The summed E-state index contributed by atoms with van der Waals surface area (Å²) in [4.78, 5) is 26.4. The number of fused-ring (bicyclic) bond motifs is 1. The van der Waals surface area contributed by atoms with Gasteiger partial charge in [-0.15, -0.1) is 0 Å². The van der Waals surface area contributed by atoms with E-state index in [0.717, 1.165) is 35.3 Å². The molecule has 1 amide bonds. The third-order valence-corrected chi connectivity index (χ3v) is 4.84. The molecule has 29 heavy (non-hydrogen) atoms. The summed E-state index contributed by atoms with van der Waals surface area (Å²) in [6.07, 6.45) is 9.90. The molecule has 3 aromatic rings. The zero-order chi connectivity index (χ0) is 20.1. The van der Waals surface area contributed by atoms with Crippen molar-refractivity contribution in [2.45, 2.75) is 18.9 Å². The maximum atomic E-state index is 12.0. The van der Waals surface area contributed by atoms with Gasteiger partial charge in [-0.3, -0.25) is 4.57 Å². The zero-order valence-electron chi connectivity index (χ0n) is 16.2. The molecule has 4 rings (SSSR count). The van der Waals surface area contributed by atoms with E-state index >= 15 is 0 Å². The molecule has 3 aromatic heterocycles. The van der Waals surface area contributed by atoms with Crippen LogP contribution in [0.2, 0.25) is 0 Å². The van der Waals surface area contributed by atoms with Gasteiger partial charge in [0.2, 0.25) is 0 Å². The van der Waals surface area contributed by atoms with Gasteiger partial charge in [0.05, 0.1) is 30.9 Å². The minimum absolute atomic E-state index is 0.0434. The van der Waals surface area contributed by atoms with E-state index in [1.165, 1.54) is 6.33 Å². The van der Waals surface area contributed by atoms with Crippen molar-refractivity contribution in [3.8, 4) is 11.4 Å². The Kier molecular flexibility index (Phi) is 5.85. The molecule has 1 saturated heterocycles. The van der Waals surface area contributed by atoms with E-state index in [1.54, 1.807) is 30.6 Å². The predicted molar refractivity (Wildman–Crippen MR) is 105 cm³/mol. The van der Waals surface area contributed by atoms with Gasteiger partial charge in [0.15, 0.2) is 0 Å². The van der Waals surface area contributed by atoms with Crippen LogP contribution < -0.4 is 4.74 Å². The average Bonchev–Trinajstić information content (AvgIpc) is 3.18. The van der Waals surface area contributed by atoms with E-state index in [4.69, 9.17) is 14.2 Å². The molecular weight excluding hydrogens is 374 g/mol. The number of hydrogen-bond donors (Lipinski definition) is 0. The Morgan fingerprint density at radius 2 is 1.97 bits per heavy atom. The molecule has 4 heterocycles. The van der Waals surface area contributed by atoms with Crippen molar-refractivity contribution in [1.82, 2.24) is 24.4 Å². The fraction of sp³-hybridized carbons (Fsp3) is 0.400. The lowest BCUT2D eigenvalue weighted by Crippen LogP contribution is -2.42. The van der Waals surface area contributed by atoms with Gasteiger partial charge in [-0.25, -0.2) is 19.7 Å². The second kappa shape index (κ2) is 8.87. The Bertz CT molecular complexity index is 954. The summed E-state index contributed by atoms with van der Waals surface area (Å²) in [5, 5.41) is 0.977. The number of rotatable bonds is 6. The minimum Gasteiger partial charge on any atom is -0.489 e. The van der Waals surface area contributed by atoms with E-state index in [9.17, 15) is 4.79 Å². The predicted octanol–water partition coefficient (Wildman–Crippen LogP) is 2.44. The SMILES string of the molecule is COCCOC(=O)N1CCC(Oc2cnc3c(ccn3-c3cncnc3)c2)CC1. The summed E-state index contributed by atoms with van der Waals surface area (Å²) in [5.74, 6) is 0.723. The van der Waals surface area contributed by atoms with E-state index in [-0.39, 0.29) is 18.8 Å². The quantitative estimate of drug-likeness (QED) is 0.590. The van der Waals surface area contributed by atoms with Crippen LogP contribution in [0.5, 0.6) is 5.75 Å². The first kappa shape index (κ1) is 19.1. The van der Waals surface area contributed by atoms with Crippen LogP contribution in [0.3, 0.4) is 0 Å². The van der Waals surface area contributed by atoms with Crippen molar-refractivity contribution >= 4 is 17.1 Å². The number of likely N-dealkylation sites (tertiary alicyclic amines) is 1. The molecule has 0 bridgehead atoms. The molecule has 152 valence electrons. The molecule has 0 spiro atoms. The lowest BCUT2D eigenvalue weighted by Gasteiger charge is -2.31. The van der Waals surface area contributed by atoms with E-state index < -0.39 is 0 Å². The molecule has 0 saturated carbocycles. The molecule has 1 aliphatic heterocycles. The van der Waals surface area contributed by atoms with Gasteiger partial charge >= 0.3 is 6.09 Å². The molecule has 0 aliphatic carbocycles. The normalized spacial score (nSPS) is 14.9. The lowest BCUT2D eigenvalue weighted by atomic mass is 10.1. The lowest BCUT2D eigenvalue weighted by molar-refractivity contribution is 0.0514. The molecule has 1 fully saturated rings.